The third kappa shape index (κ3) is 3.98. The number of anilines is 1. The van der Waals surface area contributed by atoms with Crippen molar-refractivity contribution in [2.45, 2.75) is 13.0 Å². The third-order valence-electron chi connectivity index (χ3n) is 4.27. The number of benzene rings is 1. The van der Waals surface area contributed by atoms with Crippen LogP contribution in [0.4, 0.5) is 5.82 Å². The first-order valence-corrected chi connectivity index (χ1v) is 8.81. The Morgan fingerprint density at radius 2 is 1.48 bits per heavy atom. The summed E-state index contributed by atoms with van der Waals surface area (Å²) in [5.41, 5.74) is 3.83. The molecule has 0 fully saturated rings. The Bertz CT molecular complexity index is 947. The van der Waals surface area contributed by atoms with Gasteiger partial charge in [0.05, 0.1) is 5.69 Å². The molecule has 4 aromatic rings. The van der Waals surface area contributed by atoms with E-state index < -0.39 is 0 Å². The van der Waals surface area contributed by atoms with Crippen molar-refractivity contribution in [1.29, 1.82) is 0 Å². The van der Waals surface area contributed by atoms with E-state index in [4.69, 9.17) is 9.97 Å². The van der Waals surface area contributed by atoms with Crippen LogP contribution in [0.3, 0.4) is 0 Å². The molecular weight excluding hydrogens is 334 g/mol. The van der Waals surface area contributed by atoms with Crippen LogP contribution in [-0.4, -0.2) is 19.9 Å². The molecule has 1 aromatic carbocycles. The molecule has 0 aliphatic rings. The van der Waals surface area contributed by atoms with Gasteiger partial charge in [0.15, 0.2) is 5.82 Å². The monoisotopic (exact) mass is 353 g/mol. The number of nitrogens with zero attached hydrogens (tertiary/aromatic N) is 4. The molecule has 3 aromatic heterocycles. The van der Waals surface area contributed by atoms with E-state index in [0.29, 0.717) is 5.82 Å². The minimum atomic E-state index is 0.115. The number of hydrogen-bond acceptors (Lipinski definition) is 5. The Balaban J connectivity index is 1.74. The highest BCUT2D eigenvalue weighted by Crippen LogP contribution is 2.25. The van der Waals surface area contributed by atoms with Crippen LogP contribution in [-0.2, 0) is 0 Å². The van der Waals surface area contributed by atoms with Gasteiger partial charge in [-0.25, -0.2) is 9.97 Å². The zero-order valence-electron chi connectivity index (χ0n) is 14.9. The Kier molecular flexibility index (Phi) is 4.83. The molecule has 0 amide bonds. The third-order valence-corrected chi connectivity index (χ3v) is 4.27. The standard InChI is InChI=1S/C22H19N5/c1-16(17-7-3-2-4-8-17)25-21-13-20(18-9-5-11-23-14-18)26-22(27-21)19-10-6-12-24-15-19/h2-16H,1H3,(H,25,26,27). The average molecular weight is 353 g/mol. The van der Waals surface area contributed by atoms with Gasteiger partial charge in [0, 0.05) is 48.0 Å². The Labute approximate surface area is 158 Å². The number of hydrogen-bond donors (Lipinski definition) is 1. The van der Waals surface area contributed by atoms with Crippen LogP contribution in [0.15, 0.2) is 85.5 Å². The number of rotatable bonds is 5. The van der Waals surface area contributed by atoms with Crippen molar-refractivity contribution in [3.8, 4) is 22.6 Å². The predicted octanol–water partition coefficient (Wildman–Crippen LogP) is 4.77. The summed E-state index contributed by atoms with van der Waals surface area (Å²) in [4.78, 5) is 17.8. The molecule has 5 heteroatoms. The molecule has 0 radical (unpaired) electrons. The first kappa shape index (κ1) is 16.8. The highest BCUT2D eigenvalue weighted by atomic mass is 15.0. The highest BCUT2D eigenvalue weighted by Gasteiger charge is 2.12. The van der Waals surface area contributed by atoms with E-state index in [0.717, 1.165) is 22.6 Å². The largest absolute Gasteiger partial charge is 0.363 e. The molecule has 3 heterocycles. The van der Waals surface area contributed by atoms with Crippen molar-refractivity contribution in [1.82, 2.24) is 19.9 Å². The lowest BCUT2D eigenvalue weighted by Crippen LogP contribution is -2.09. The summed E-state index contributed by atoms with van der Waals surface area (Å²) in [5, 5.41) is 3.49. The van der Waals surface area contributed by atoms with E-state index in [2.05, 4.69) is 34.3 Å². The second-order valence-corrected chi connectivity index (χ2v) is 6.22. The Morgan fingerprint density at radius 1 is 0.778 bits per heavy atom. The summed E-state index contributed by atoms with van der Waals surface area (Å²) >= 11 is 0. The molecule has 132 valence electrons. The summed E-state index contributed by atoms with van der Waals surface area (Å²) in [6, 6.07) is 20.1. The van der Waals surface area contributed by atoms with E-state index in [-0.39, 0.29) is 6.04 Å². The molecule has 0 bridgehead atoms. The average Bonchev–Trinajstić information content (AvgIpc) is 2.75. The number of pyridine rings is 2. The van der Waals surface area contributed by atoms with E-state index in [1.807, 2.05) is 48.5 Å². The zero-order valence-corrected chi connectivity index (χ0v) is 14.9. The van der Waals surface area contributed by atoms with Crippen LogP contribution >= 0.6 is 0 Å². The number of aromatic nitrogens is 4. The number of nitrogens with one attached hydrogen (secondary N) is 1. The van der Waals surface area contributed by atoms with Gasteiger partial charge in [0.1, 0.15) is 5.82 Å². The van der Waals surface area contributed by atoms with Gasteiger partial charge in [0.25, 0.3) is 0 Å². The molecule has 0 aliphatic carbocycles. The normalized spacial score (nSPS) is 11.7. The molecule has 5 nitrogen and oxygen atoms in total. The smallest absolute Gasteiger partial charge is 0.163 e. The fourth-order valence-corrected chi connectivity index (χ4v) is 2.85. The van der Waals surface area contributed by atoms with Crippen molar-refractivity contribution in [2.24, 2.45) is 0 Å². The van der Waals surface area contributed by atoms with Crippen molar-refractivity contribution in [3.63, 3.8) is 0 Å². The summed E-state index contributed by atoms with van der Waals surface area (Å²) in [7, 11) is 0. The molecule has 0 saturated carbocycles. The first-order valence-electron chi connectivity index (χ1n) is 8.81. The Morgan fingerprint density at radius 3 is 2.15 bits per heavy atom. The van der Waals surface area contributed by atoms with Gasteiger partial charge < -0.3 is 5.32 Å². The molecule has 27 heavy (non-hydrogen) atoms. The minimum Gasteiger partial charge on any atom is -0.363 e. The van der Waals surface area contributed by atoms with Crippen molar-refractivity contribution >= 4 is 5.82 Å². The van der Waals surface area contributed by atoms with Crippen molar-refractivity contribution in [2.75, 3.05) is 5.32 Å². The summed E-state index contributed by atoms with van der Waals surface area (Å²) in [6.45, 7) is 2.12. The van der Waals surface area contributed by atoms with E-state index in [1.54, 1.807) is 24.8 Å². The summed E-state index contributed by atoms with van der Waals surface area (Å²) in [5.74, 6) is 1.39. The second kappa shape index (κ2) is 7.74. The topological polar surface area (TPSA) is 63.6 Å². The lowest BCUT2D eigenvalue weighted by molar-refractivity contribution is 0.873. The second-order valence-electron chi connectivity index (χ2n) is 6.22. The molecule has 1 atom stereocenters. The lowest BCUT2D eigenvalue weighted by atomic mass is 10.1. The maximum Gasteiger partial charge on any atom is 0.163 e. The van der Waals surface area contributed by atoms with Gasteiger partial charge >= 0.3 is 0 Å². The van der Waals surface area contributed by atoms with Crippen molar-refractivity contribution < 1.29 is 0 Å². The molecule has 0 aliphatic heterocycles. The molecule has 1 unspecified atom stereocenters. The predicted molar refractivity (Wildman–Crippen MR) is 107 cm³/mol. The quantitative estimate of drug-likeness (QED) is 0.560. The first-order chi connectivity index (χ1) is 13.3. The van der Waals surface area contributed by atoms with Gasteiger partial charge in [-0.3, -0.25) is 9.97 Å². The molecule has 1 N–H and O–H groups in total. The zero-order chi connectivity index (χ0) is 18.5. The summed E-state index contributed by atoms with van der Waals surface area (Å²) in [6.07, 6.45) is 7.07. The van der Waals surface area contributed by atoms with Crippen LogP contribution in [0.25, 0.3) is 22.6 Å². The van der Waals surface area contributed by atoms with Gasteiger partial charge in [-0.1, -0.05) is 30.3 Å². The van der Waals surface area contributed by atoms with Gasteiger partial charge in [-0.05, 0) is 36.8 Å². The molecule has 4 rings (SSSR count). The fraction of sp³-hybridized carbons (Fsp3) is 0.0909. The van der Waals surface area contributed by atoms with Crippen LogP contribution in [0.2, 0.25) is 0 Å². The van der Waals surface area contributed by atoms with E-state index in [1.165, 1.54) is 5.56 Å². The maximum absolute atomic E-state index is 4.72. The highest BCUT2D eigenvalue weighted by molar-refractivity contribution is 5.66. The van der Waals surface area contributed by atoms with Crippen LogP contribution < -0.4 is 5.32 Å². The van der Waals surface area contributed by atoms with Gasteiger partial charge in [-0.15, -0.1) is 0 Å². The lowest BCUT2D eigenvalue weighted by Gasteiger charge is -2.16. The van der Waals surface area contributed by atoms with Gasteiger partial charge in [0.2, 0.25) is 0 Å². The van der Waals surface area contributed by atoms with Crippen LogP contribution in [0.1, 0.15) is 18.5 Å². The minimum absolute atomic E-state index is 0.115. The van der Waals surface area contributed by atoms with Crippen LogP contribution in [0, 0.1) is 0 Å². The molecule has 0 spiro atoms. The van der Waals surface area contributed by atoms with E-state index in [9.17, 15) is 0 Å². The maximum atomic E-state index is 4.72. The molecular formula is C22H19N5. The fourth-order valence-electron chi connectivity index (χ4n) is 2.85. The van der Waals surface area contributed by atoms with E-state index >= 15 is 0 Å². The SMILES string of the molecule is CC(Nc1cc(-c2cccnc2)nc(-c2cccnc2)n1)c1ccccc1. The summed E-state index contributed by atoms with van der Waals surface area (Å²) < 4.78 is 0. The van der Waals surface area contributed by atoms with Crippen molar-refractivity contribution in [3.05, 3.63) is 91.0 Å². The van der Waals surface area contributed by atoms with Crippen LogP contribution in [0.5, 0.6) is 0 Å². The molecule has 0 saturated heterocycles. The Hall–Kier alpha value is -3.60. The van der Waals surface area contributed by atoms with Gasteiger partial charge in [-0.2, -0.15) is 0 Å².